The third kappa shape index (κ3) is 6.47. The number of hydrogen-bond acceptors (Lipinski definition) is 6. The van der Waals surface area contributed by atoms with Crippen LogP contribution in [-0.4, -0.2) is 42.7 Å². The normalized spacial score (nSPS) is 14.9. The molecule has 8 nitrogen and oxygen atoms in total. The molecule has 0 spiro atoms. The van der Waals surface area contributed by atoms with Crippen LogP contribution in [-0.2, 0) is 16.0 Å². The largest absolute Gasteiger partial charge is 0.482 e. The highest BCUT2D eigenvalue weighted by atomic mass is 16.6. The first-order valence-electron chi connectivity index (χ1n) is 12.2. The fourth-order valence-corrected chi connectivity index (χ4v) is 4.56. The lowest BCUT2D eigenvalue weighted by molar-refractivity contribution is -0.142. The molecule has 1 amide bonds. The molecule has 0 unspecified atom stereocenters. The first kappa shape index (κ1) is 24.4. The molecule has 0 bridgehead atoms. The molecule has 4 rings (SSSR count). The second kappa shape index (κ2) is 11.2. The first-order valence-corrected chi connectivity index (χ1v) is 12.2. The zero-order chi connectivity index (χ0) is 24.8. The summed E-state index contributed by atoms with van der Waals surface area (Å²) in [6, 6.07) is 13.4. The maximum absolute atomic E-state index is 12.8. The number of nitrogens with two attached hydrogens (primary N) is 1. The molecule has 3 aromatic rings. The van der Waals surface area contributed by atoms with Gasteiger partial charge in [0.1, 0.15) is 5.75 Å². The summed E-state index contributed by atoms with van der Waals surface area (Å²) in [5.74, 6) is 0.0122. The first-order chi connectivity index (χ1) is 16.9. The maximum atomic E-state index is 12.8. The van der Waals surface area contributed by atoms with Gasteiger partial charge in [-0.05, 0) is 62.2 Å². The maximum Gasteiger partial charge on any atom is 0.343 e. The zero-order valence-electron chi connectivity index (χ0n) is 20.4. The number of nitrogen functional groups attached to an aromatic ring is 1. The van der Waals surface area contributed by atoms with Crippen molar-refractivity contribution in [2.75, 3.05) is 24.8 Å². The molecule has 0 radical (unpaired) electrons. The van der Waals surface area contributed by atoms with Crippen LogP contribution in [0.15, 0.2) is 42.5 Å². The zero-order valence-corrected chi connectivity index (χ0v) is 20.4. The predicted octanol–water partition coefficient (Wildman–Crippen LogP) is 4.41. The van der Waals surface area contributed by atoms with Crippen LogP contribution >= 0.6 is 0 Å². The summed E-state index contributed by atoms with van der Waals surface area (Å²) in [4.78, 5) is 27.5. The molecule has 1 aromatic heterocycles. The Kier molecular flexibility index (Phi) is 7.80. The van der Waals surface area contributed by atoms with Crippen molar-refractivity contribution in [1.82, 2.24) is 10.3 Å². The van der Waals surface area contributed by atoms with Gasteiger partial charge in [0.15, 0.2) is 6.61 Å². The summed E-state index contributed by atoms with van der Waals surface area (Å²) in [7, 11) is 1.33. The number of hydrogen-bond donors (Lipinski definition) is 4. The van der Waals surface area contributed by atoms with Crippen molar-refractivity contribution >= 4 is 34.2 Å². The Labute approximate surface area is 205 Å². The third-order valence-corrected chi connectivity index (χ3v) is 6.41. The van der Waals surface area contributed by atoms with Crippen molar-refractivity contribution in [3.63, 3.8) is 0 Å². The smallest absolute Gasteiger partial charge is 0.343 e. The number of aromatic amines is 1. The number of anilines is 2. The number of fused-ring (bicyclic) bond motifs is 1. The Bertz CT molecular complexity index is 1180. The third-order valence-electron chi connectivity index (χ3n) is 6.41. The number of carbonyl (C=O) groups is 2. The van der Waals surface area contributed by atoms with Crippen LogP contribution in [0.1, 0.15) is 55.1 Å². The van der Waals surface area contributed by atoms with Crippen LogP contribution in [0.2, 0.25) is 0 Å². The Balaban J connectivity index is 1.33. The van der Waals surface area contributed by atoms with E-state index in [2.05, 4.69) is 20.4 Å². The van der Waals surface area contributed by atoms with Crippen LogP contribution in [0.4, 0.5) is 11.4 Å². The molecule has 8 heteroatoms. The van der Waals surface area contributed by atoms with Gasteiger partial charge in [-0.25, -0.2) is 4.79 Å². The second-order valence-electron chi connectivity index (χ2n) is 9.27. The number of aromatic nitrogens is 1. The molecule has 0 saturated heterocycles. The van der Waals surface area contributed by atoms with Gasteiger partial charge in [-0.1, -0.05) is 19.3 Å². The van der Waals surface area contributed by atoms with Crippen LogP contribution in [0.3, 0.4) is 0 Å². The molecular weight excluding hydrogens is 444 g/mol. The molecule has 1 aliphatic carbocycles. The number of methoxy groups -OCH3 is 1. The minimum absolute atomic E-state index is 0.0909. The van der Waals surface area contributed by atoms with Gasteiger partial charge in [-0.2, -0.15) is 0 Å². The number of rotatable bonds is 9. The fraction of sp³-hybridized carbons (Fsp3) is 0.407. The van der Waals surface area contributed by atoms with Crippen LogP contribution in [0, 0.1) is 0 Å². The lowest BCUT2D eigenvalue weighted by Gasteiger charge is -2.24. The van der Waals surface area contributed by atoms with E-state index in [0.29, 0.717) is 29.5 Å². The van der Waals surface area contributed by atoms with Gasteiger partial charge in [0.2, 0.25) is 0 Å². The number of nitrogens with one attached hydrogen (secondary N) is 3. The molecule has 1 saturated carbocycles. The van der Waals surface area contributed by atoms with E-state index in [1.807, 2.05) is 37.3 Å². The number of carbonyl (C=O) groups excluding carboxylic acids is 2. The van der Waals surface area contributed by atoms with Crippen molar-refractivity contribution < 1.29 is 19.1 Å². The van der Waals surface area contributed by atoms with Crippen molar-refractivity contribution in [2.24, 2.45) is 0 Å². The van der Waals surface area contributed by atoms with Gasteiger partial charge in [0.25, 0.3) is 5.91 Å². The SMILES string of the molecule is COC(=O)COc1ccc2[nH]c(C[C@@H](C)NC(=O)c3ccc(NC4CCCCC4)c(N)c3)cc2c1. The molecule has 0 aliphatic heterocycles. The number of ether oxygens (including phenoxy) is 2. The van der Waals surface area contributed by atoms with E-state index in [4.69, 9.17) is 10.5 Å². The van der Waals surface area contributed by atoms with Gasteiger partial charge < -0.3 is 30.8 Å². The van der Waals surface area contributed by atoms with Crippen LogP contribution in [0.25, 0.3) is 10.9 Å². The van der Waals surface area contributed by atoms with Gasteiger partial charge in [0.05, 0.1) is 18.5 Å². The number of H-pyrrole nitrogens is 1. The minimum Gasteiger partial charge on any atom is -0.482 e. The summed E-state index contributed by atoms with van der Waals surface area (Å²) >= 11 is 0. The summed E-state index contributed by atoms with van der Waals surface area (Å²) < 4.78 is 10.1. The standard InChI is InChI=1S/C27H34N4O4/c1-17(12-21-13-19-14-22(9-11-24(19)31-21)35-16-26(32)34-2)29-27(33)18-8-10-25(23(28)15-18)30-20-6-4-3-5-7-20/h8-11,13-15,17,20,30-31H,3-7,12,16,28H2,1-2H3,(H,29,33)/t17-/m1/s1. The fourth-order valence-electron chi connectivity index (χ4n) is 4.56. The molecular formula is C27H34N4O4. The minimum atomic E-state index is -0.429. The average molecular weight is 479 g/mol. The van der Waals surface area contributed by atoms with E-state index >= 15 is 0 Å². The highest BCUT2D eigenvalue weighted by Crippen LogP contribution is 2.26. The van der Waals surface area contributed by atoms with E-state index < -0.39 is 5.97 Å². The Morgan fingerprint density at radius 1 is 1.11 bits per heavy atom. The quantitative estimate of drug-likeness (QED) is 0.267. The van der Waals surface area contributed by atoms with Crippen molar-refractivity contribution in [3.05, 3.63) is 53.7 Å². The molecule has 186 valence electrons. The van der Waals surface area contributed by atoms with E-state index in [1.54, 1.807) is 12.1 Å². The van der Waals surface area contributed by atoms with Gasteiger partial charge >= 0.3 is 5.97 Å². The highest BCUT2D eigenvalue weighted by molar-refractivity contribution is 5.96. The van der Waals surface area contributed by atoms with Crippen LogP contribution < -0.4 is 21.1 Å². The summed E-state index contributed by atoms with van der Waals surface area (Å²) in [6.07, 6.45) is 6.75. The molecule has 35 heavy (non-hydrogen) atoms. The Morgan fingerprint density at radius 2 is 1.91 bits per heavy atom. The highest BCUT2D eigenvalue weighted by Gasteiger charge is 2.16. The Morgan fingerprint density at radius 3 is 2.66 bits per heavy atom. The van der Waals surface area contributed by atoms with Gasteiger partial charge in [-0.3, -0.25) is 4.79 Å². The second-order valence-corrected chi connectivity index (χ2v) is 9.27. The van der Waals surface area contributed by atoms with Crippen LogP contribution in [0.5, 0.6) is 5.75 Å². The van der Waals surface area contributed by atoms with Gasteiger partial charge in [-0.15, -0.1) is 0 Å². The lowest BCUT2D eigenvalue weighted by Crippen LogP contribution is -2.34. The molecule has 1 aliphatic rings. The number of amides is 1. The van der Waals surface area contributed by atoms with E-state index in [0.717, 1.165) is 35.1 Å². The molecule has 5 N–H and O–H groups in total. The average Bonchev–Trinajstić information content (AvgIpc) is 3.25. The number of benzene rings is 2. The van der Waals surface area contributed by atoms with E-state index in [9.17, 15) is 9.59 Å². The molecule has 1 atom stereocenters. The Hall–Kier alpha value is -3.68. The van der Waals surface area contributed by atoms with E-state index in [-0.39, 0.29) is 18.6 Å². The summed E-state index contributed by atoms with van der Waals surface area (Å²) in [6.45, 7) is 1.83. The van der Waals surface area contributed by atoms with Gasteiger partial charge in [0, 0.05) is 40.7 Å². The lowest BCUT2D eigenvalue weighted by atomic mass is 9.95. The topological polar surface area (TPSA) is 118 Å². The molecule has 2 aromatic carbocycles. The predicted molar refractivity (Wildman–Crippen MR) is 138 cm³/mol. The summed E-state index contributed by atoms with van der Waals surface area (Å²) in [5, 5.41) is 7.55. The molecule has 1 fully saturated rings. The molecule has 1 heterocycles. The van der Waals surface area contributed by atoms with Crippen molar-refractivity contribution in [1.29, 1.82) is 0 Å². The van der Waals surface area contributed by atoms with Crippen molar-refractivity contribution in [3.8, 4) is 5.75 Å². The summed E-state index contributed by atoms with van der Waals surface area (Å²) in [5.41, 5.74) is 10.2. The van der Waals surface area contributed by atoms with E-state index in [1.165, 1.54) is 26.4 Å². The number of esters is 1. The van der Waals surface area contributed by atoms with Crippen molar-refractivity contribution in [2.45, 2.75) is 57.5 Å². The monoisotopic (exact) mass is 478 g/mol.